The first kappa shape index (κ1) is 20.7. The summed E-state index contributed by atoms with van der Waals surface area (Å²) in [6.45, 7) is 0.403. The van der Waals surface area contributed by atoms with Crippen LogP contribution >= 0.6 is 0 Å². The van der Waals surface area contributed by atoms with Crippen molar-refractivity contribution in [3.8, 4) is 5.75 Å². The Kier molecular flexibility index (Phi) is 8.61. The van der Waals surface area contributed by atoms with Crippen molar-refractivity contribution in [2.45, 2.75) is 51.0 Å². The summed E-state index contributed by atoms with van der Waals surface area (Å²) in [5.74, 6) is 0.177. The third kappa shape index (κ3) is 7.68. The Bertz CT molecular complexity index is 625. The molecule has 3 N–H and O–H groups in total. The highest BCUT2D eigenvalue weighted by Gasteiger charge is 2.15. The number of benzene rings is 1. The Balaban J connectivity index is 1.55. The standard InChI is InChI=1S/C20H29N3O4/c1-27-17-11-9-15(10-12-17)20(26)21-13-5-8-18(24)22-14-19(25)23-16-6-3-2-4-7-16/h9-12,16H,2-8,13-14H2,1H3,(H,21,26)(H,22,24)(H,23,25). The average molecular weight is 375 g/mol. The van der Waals surface area contributed by atoms with E-state index in [0.717, 1.165) is 25.7 Å². The van der Waals surface area contributed by atoms with Gasteiger partial charge in [-0.2, -0.15) is 0 Å². The average Bonchev–Trinajstić information content (AvgIpc) is 2.70. The summed E-state index contributed by atoms with van der Waals surface area (Å²) in [4.78, 5) is 35.6. The van der Waals surface area contributed by atoms with E-state index in [2.05, 4.69) is 16.0 Å². The molecule has 0 aromatic heterocycles. The van der Waals surface area contributed by atoms with Gasteiger partial charge >= 0.3 is 0 Å². The molecule has 3 amide bonds. The van der Waals surface area contributed by atoms with E-state index in [1.54, 1.807) is 31.4 Å². The molecular formula is C20H29N3O4. The van der Waals surface area contributed by atoms with Crippen molar-refractivity contribution < 1.29 is 19.1 Å². The lowest BCUT2D eigenvalue weighted by molar-refractivity contribution is -0.126. The summed E-state index contributed by atoms with van der Waals surface area (Å²) in [6.07, 6.45) is 6.36. The zero-order chi connectivity index (χ0) is 19.5. The number of carbonyl (C=O) groups is 3. The Morgan fingerprint density at radius 3 is 2.37 bits per heavy atom. The summed E-state index contributed by atoms with van der Waals surface area (Å²) in [6, 6.07) is 7.07. The molecule has 7 nitrogen and oxygen atoms in total. The van der Waals surface area contributed by atoms with Gasteiger partial charge in [0.25, 0.3) is 5.91 Å². The lowest BCUT2D eigenvalue weighted by atomic mass is 9.95. The van der Waals surface area contributed by atoms with Crippen LogP contribution in [0.4, 0.5) is 0 Å². The van der Waals surface area contributed by atoms with Gasteiger partial charge in [-0.1, -0.05) is 19.3 Å². The summed E-state index contributed by atoms with van der Waals surface area (Å²) in [7, 11) is 1.57. The number of rotatable bonds is 9. The topological polar surface area (TPSA) is 96.5 Å². The van der Waals surface area contributed by atoms with Gasteiger partial charge in [0.1, 0.15) is 5.75 Å². The number of carbonyl (C=O) groups excluding carboxylic acids is 3. The van der Waals surface area contributed by atoms with Gasteiger partial charge in [-0.15, -0.1) is 0 Å². The maximum absolute atomic E-state index is 12.0. The van der Waals surface area contributed by atoms with Crippen molar-refractivity contribution in [2.75, 3.05) is 20.2 Å². The van der Waals surface area contributed by atoms with Crippen LogP contribution < -0.4 is 20.7 Å². The summed E-state index contributed by atoms with van der Waals surface area (Å²) < 4.78 is 5.05. The van der Waals surface area contributed by atoms with Crippen LogP contribution in [0.1, 0.15) is 55.3 Å². The molecule has 0 heterocycles. The molecular weight excluding hydrogens is 346 g/mol. The van der Waals surface area contributed by atoms with Crippen LogP contribution in [0.5, 0.6) is 5.75 Å². The van der Waals surface area contributed by atoms with Crippen LogP contribution in [-0.2, 0) is 9.59 Å². The van der Waals surface area contributed by atoms with Crippen LogP contribution in [0, 0.1) is 0 Å². The number of amides is 3. The molecule has 2 rings (SSSR count). The Morgan fingerprint density at radius 1 is 1.00 bits per heavy atom. The van der Waals surface area contributed by atoms with Crippen LogP contribution in [0.2, 0.25) is 0 Å². The molecule has 1 fully saturated rings. The van der Waals surface area contributed by atoms with Gasteiger partial charge in [-0.25, -0.2) is 0 Å². The first-order valence-electron chi connectivity index (χ1n) is 9.57. The summed E-state index contributed by atoms with van der Waals surface area (Å²) >= 11 is 0. The molecule has 148 valence electrons. The lowest BCUT2D eigenvalue weighted by Crippen LogP contribution is -2.42. The van der Waals surface area contributed by atoms with Crippen LogP contribution in [0.25, 0.3) is 0 Å². The molecule has 1 aromatic rings. The van der Waals surface area contributed by atoms with Gasteiger partial charge < -0.3 is 20.7 Å². The minimum absolute atomic E-state index is 0.00748. The Morgan fingerprint density at radius 2 is 1.70 bits per heavy atom. The maximum atomic E-state index is 12.0. The molecule has 7 heteroatoms. The third-order valence-electron chi connectivity index (χ3n) is 4.63. The zero-order valence-electron chi connectivity index (χ0n) is 15.9. The number of ether oxygens (including phenoxy) is 1. The van der Waals surface area contributed by atoms with Crippen LogP contribution in [0.15, 0.2) is 24.3 Å². The highest BCUT2D eigenvalue weighted by Crippen LogP contribution is 2.17. The van der Waals surface area contributed by atoms with Gasteiger partial charge in [0.2, 0.25) is 11.8 Å². The molecule has 0 bridgehead atoms. The summed E-state index contributed by atoms with van der Waals surface area (Å²) in [5, 5.41) is 8.36. The van der Waals surface area contributed by atoms with Gasteiger partial charge in [-0.05, 0) is 43.5 Å². The molecule has 0 radical (unpaired) electrons. The zero-order valence-corrected chi connectivity index (χ0v) is 15.9. The minimum Gasteiger partial charge on any atom is -0.497 e. The fraction of sp³-hybridized carbons (Fsp3) is 0.550. The van der Waals surface area contributed by atoms with Crippen molar-refractivity contribution >= 4 is 17.7 Å². The quantitative estimate of drug-likeness (QED) is 0.573. The van der Waals surface area contributed by atoms with E-state index >= 15 is 0 Å². The van der Waals surface area contributed by atoms with Crippen molar-refractivity contribution in [2.24, 2.45) is 0 Å². The fourth-order valence-corrected chi connectivity index (χ4v) is 3.09. The van der Waals surface area contributed by atoms with E-state index in [1.807, 2.05) is 0 Å². The fourth-order valence-electron chi connectivity index (χ4n) is 3.09. The molecule has 0 unspecified atom stereocenters. The van der Waals surface area contributed by atoms with Crippen molar-refractivity contribution in [3.05, 3.63) is 29.8 Å². The maximum Gasteiger partial charge on any atom is 0.251 e. The monoisotopic (exact) mass is 375 g/mol. The molecule has 27 heavy (non-hydrogen) atoms. The molecule has 1 aromatic carbocycles. The second kappa shape index (κ2) is 11.2. The normalized spacial score (nSPS) is 14.3. The second-order valence-electron chi connectivity index (χ2n) is 6.77. The Hall–Kier alpha value is -2.57. The minimum atomic E-state index is -0.190. The van der Waals surface area contributed by atoms with Gasteiger partial charge in [0.05, 0.1) is 13.7 Å². The largest absolute Gasteiger partial charge is 0.497 e. The number of nitrogens with one attached hydrogen (secondary N) is 3. The third-order valence-corrected chi connectivity index (χ3v) is 4.63. The first-order valence-corrected chi connectivity index (χ1v) is 9.57. The predicted octanol–water partition coefficient (Wildman–Crippen LogP) is 1.77. The SMILES string of the molecule is COc1ccc(C(=O)NCCCC(=O)NCC(=O)NC2CCCCC2)cc1. The van der Waals surface area contributed by atoms with E-state index in [9.17, 15) is 14.4 Å². The van der Waals surface area contributed by atoms with Gasteiger partial charge in [0.15, 0.2) is 0 Å². The van der Waals surface area contributed by atoms with Gasteiger partial charge in [0, 0.05) is 24.6 Å². The van der Waals surface area contributed by atoms with Crippen molar-refractivity contribution in [3.63, 3.8) is 0 Å². The smallest absolute Gasteiger partial charge is 0.251 e. The van der Waals surface area contributed by atoms with Crippen molar-refractivity contribution in [1.29, 1.82) is 0 Å². The van der Waals surface area contributed by atoms with E-state index in [-0.39, 0.29) is 36.7 Å². The van der Waals surface area contributed by atoms with Crippen LogP contribution in [0.3, 0.4) is 0 Å². The predicted molar refractivity (Wildman–Crippen MR) is 103 cm³/mol. The number of methoxy groups -OCH3 is 1. The van der Waals surface area contributed by atoms with E-state index in [0.29, 0.717) is 24.3 Å². The Labute approximate surface area is 160 Å². The molecule has 1 aliphatic rings. The van der Waals surface area contributed by atoms with E-state index in [4.69, 9.17) is 4.74 Å². The molecule has 0 spiro atoms. The molecule has 1 aliphatic carbocycles. The molecule has 0 aliphatic heterocycles. The summed E-state index contributed by atoms with van der Waals surface area (Å²) in [5.41, 5.74) is 0.541. The molecule has 0 atom stereocenters. The number of hydrogen-bond donors (Lipinski definition) is 3. The van der Waals surface area contributed by atoms with Gasteiger partial charge in [-0.3, -0.25) is 14.4 Å². The van der Waals surface area contributed by atoms with E-state index in [1.165, 1.54) is 6.42 Å². The lowest BCUT2D eigenvalue weighted by Gasteiger charge is -2.22. The second-order valence-corrected chi connectivity index (χ2v) is 6.77. The van der Waals surface area contributed by atoms with Crippen LogP contribution in [-0.4, -0.2) is 44.0 Å². The highest BCUT2D eigenvalue weighted by molar-refractivity contribution is 5.94. The van der Waals surface area contributed by atoms with Crippen molar-refractivity contribution in [1.82, 2.24) is 16.0 Å². The first-order chi connectivity index (χ1) is 13.1. The highest BCUT2D eigenvalue weighted by atomic mass is 16.5. The number of hydrogen-bond acceptors (Lipinski definition) is 4. The van der Waals surface area contributed by atoms with E-state index < -0.39 is 0 Å². The molecule has 0 saturated heterocycles. The molecule has 1 saturated carbocycles.